The zero-order valence-electron chi connectivity index (χ0n) is 17.0. The second-order valence-corrected chi connectivity index (χ2v) is 8.62. The van der Waals surface area contributed by atoms with Gasteiger partial charge in [0.05, 0.1) is 39.2 Å². The van der Waals surface area contributed by atoms with Gasteiger partial charge in [0.1, 0.15) is 21.5 Å². The summed E-state index contributed by atoms with van der Waals surface area (Å²) < 4.78 is 11.0. The molecule has 34 heavy (non-hydrogen) atoms. The Bertz CT molecular complexity index is 1570. The lowest BCUT2D eigenvalue weighted by molar-refractivity contribution is 0.103. The number of amides is 3. The SMILES string of the molecule is N#Cc1cnc2sc(C(=O)Nc3cccnc3)c3c2c1N(c1c(Cl)ccc2c1OCO2)C(=O)N3. The summed E-state index contributed by atoms with van der Waals surface area (Å²) in [4.78, 5) is 36.8. The van der Waals surface area contributed by atoms with Crippen LogP contribution in [0.25, 0.3) is 10.2 Å². The van der Waals surface area contributed by atoms with Crippen LogP contribution in [0.5, 0.6) is 11.5 Å². The van der Waals surface area contributed by atoms with Gasteiger partial charge in [0.25, 0.3) is 5.91 Å². The molecule has 2 aliphatic rings. The van der Waals surface area contributed by atoms with Crippen LogP contribution in [0.3, 0.4) is 0 Å². The number of nitrogens with zero attached hydrogens (tertiary/aromatic N) is 4. The number of rotatable bonds is 3. The van der Waals surface area contributed by atoms with Gasteiger partial charge in [0.2, 0.25) is 6.79 Å². The van der Waals surface area contributed by atoms with E-state index in [-0.39, 0.29) is 45.1 Å². The van der Waals surface area contributed by atoms with Crippen LogP contribution in [0.2, 0.25) is 5.02 Å². The van der Waals surface area contributed by atoms with Gasteiger partial charge < -0.3 is 20.1 Å². The van der Waals surface area contributed by atoms with Crippen molar-refractivity contribution in [3.8, 4) is 17.6 Å². The van der Waals surface area contributed by atoms with E-state index in [2.05, 4.69) is 26.7 Å². The molecule has 0 fully saturated rings. The Balaban J connectivity index is 1.56. The number of fused-ring (bicyclic) bond motifs is 1. The molecule has 0 saturated carbocycles. The molecule has 0 spiro atoms. The number of hydrogen-bond acceptors (Lipinski definition) is 8. The van der Waals surface area contributed by atoms with E-state index in [0.717, 1.165) is 11.3 Å². The Hall–Kier alpha value is -4.40. The van der Waals surface area contributed by atoms with Crippen LogP contribution in [0.4, 0.5) is 27.5 Å². The molecule has 0 radical (unpaired) electrons. The first kappa shape index (κ1) is 20.2. The lowest BCUT2D eigenvalue weighted by atomic mass is 10.1. The predicted octanol–water partition coefficient (Wildman–Crippen LogP) is 4.88. The van der Waals surface area contributed by atoms with E-state index in [1.54, 1.807) is 30.5 Å². The van der Waals surface area contributed by atoms with Crippen LogP contribution in [-0.2, 0) is 0 Å². The minimum absolute atomic E-state index is 0.0304. The van der Waals surface area contributed by atoms with Crippen molar-refractivity contribution in [2.45, 2.75) is 0 Å². The molecule has 3 aromatic heterocycles. The molecular weight excluding hydrogens is 480 g/mol. The Morgan fingerprint density at radius 1 is 1.26 bits per heavy atom. The zero-order chi connectivity index (χ0) is 23.4. The minimum Gasteiger partial charge on any atom is -0.454 e. The molecule has 0 saturated heterocycles. The fraction of sp³-hybridized carbons (Fsp3) is 0.0455. The second kappa shape index (κ2) is 7.58. The number of halogens is 1. The predicted molar refractivity (Wildman–Crippen MR) is 125 cm³/mol. The molecule has 5 heterocycles. The molecule has 6 rings (SSSR count). The number of aromatic nitrogens is 2. The quantitative estimate of drug-likeness (QED) is 0.418. The number of ether oxygens (including phenoxy) is 2. The summed E-state index contributed by atoms with van der Waals surface area (Å²) in [5, 5.41) is 16.0. The molecular formula is C22H11ClN6O4S. The summed E-state index contributed by atoms with van der Waals surface area (Å²) in [6.45, 7) is -0.0304. The van der Waals surface area contributed by atoms with Crippen molar-refractivity contribution in [1.29, 1.82) is 5.26 Å². The monoisotopic (exact) mass is 490 g/mol. The largest absolute Gasteiger partial charge is 0.454 e. The second-order valence-electron chi connectivity index (χ2n) is 7.21. The molecule has 0 atom stereocenters. The molecule has 0 aliphatic carbocycles. The highest BCUT2D eigenvalue weighted by atomic mass is 35.5. The van der Waals surface area contributed by atoms with Crippen molar-refractivity contribution in [2.75, 3.05) is 22.3 Å². The van der Waals surface area contributed by atoms with Crippen molar-refractivity contribution in [3.05, 3.63) is 58.3 Å². The first-order valence-corrected chi connectivity index (χ1v) is 11.0. The first-order chi connectivity index (χ1) is 16.6. The van der Waals surface area contributed by atoms with E-state index >= 15 is 0 Å². The van der Waals surface area contributed by atoms with Gasteiger partial charge in [0, 0.05) is 12.4 Å². The fourth-order valence-corrected chi connectivity index (χ4v) is 5.12. The Kier molecular flexibility index (Phi) is 4.51. The highest BCUT2D eigenvalue weighted by Gasteiger charge is 2.38. The number of carbonyl (C=O) groups is 2. The molecule has 10 nitrogen and oxygen atoms in total. The van der Waals surface area contributed by atoms with E-state index in [1.807, 2.05) is 0 Å². The molecule has 4 aromatic rings. The number of nitrogens with one attached hydrogen (secondary N) is 2. The zero-order valence-corrected chi connectivity index (χ0v) is 18.5. The topological polar surface area (TPSA) is 129 Å². The van der Waals surface area contributed by atoms with E-state index in [9.17, 15) is 14.9 Å². The van der Waals surface area contributed by atoms with Crippen molar-refractivity contribution >= 4 is 67.8 Å². The third-order valence-corrected chi connectivity index (χ3v) is 6.69. The molecule has 3 amide bonds. The number of thiophene rings is 1. The summed E-state index contributed by atoms with van der Waals surface area (Å²) in [5.74, 6) is 0.257. The lowest BCUT2D eigenvalue weighted by Crippen LogP contribution is -2.35. The Morgan fingerprint density at radius 3 is 2.94 bits per heavy atom. The number of carbonyl (C=O) groups excluding carboxylic acids is 2. The number of nitriles is 1. The molecule has 166 valence electrons. The van der Waals surface area contributed by atoms with Crippen LogP contribution >= 0.6 is 22.9 Å². The van der Waals surface area contributed by atoms with Crippen LogP contribution < -0.4 is 25.0 Å². The third kappa shape index (κ3) is 2.93. The average Bonchev–Trinajstić information content (AvgIpc) is 3.46. The normalized spacial score (nSPS) is 13.5. The molecule has 2 aliphatic heterocycles. The van der Waals surface area contributed by atoms with Crippen LogP contribution in [-0.4, -0.2) is 28.7 Å². The standard InChI is InChI=1S/C22H11ClN6O4S/c23-12-3-4-13-18(33-9-32-13)17(12)29-16-10(6-24)7-26-21-14(16)15(28-22(29)31)19(34-21)20(30)27-11-2-1-5-25-8-11/h1-5,7-8H,9H2,(H,27,30)(H,28,31). The number of benzene rings is 1. The Morgan fingerprint density at radius 2 is 2.15 bits per heavy atom. The van der Waals surface area contributed by atoms with Crippen molar-refractivity contribution in [3.63, 3.8) is 0 Å². The fourth-order valence-electron chi connectivity index (χ4n) is 3.89. The summed E-state index contributed by atoms with van der Waals surface area (Å²) in [6.07, 6.45) is 4.46. The minimum atomic E-state index is -0.615. The number of pyridine rings is 2. The number of urea groups is 1. The highest BCUT2D eigenvalue weighted by molar-refractivity contribution is 7.21. The van der Waals surface area contributed by atoms with Crippen molar-refractivity contribution in [1.82, 2.24) is 9.97 Å². The van der Waals surface area contributed by atoms with Gasteiger partial charge in [-0.05, 0) is 24.3 Å². The van der Waals surface area contributed by atoms with Crippen LogP contribution in [0.1, 0.15) is 15.2 Å². The third-order valence-electron chi connectivity index (χ3n) is 5.28. The molecule has 12 heteroatoms. The molecule has 0 unspecified atom stereocenters. The smallest absolute Gasteiger partial charge is 0.331 e. The number of hydrogen-bond donors (Lipinski definition) is 2. The summed E-state index contributed by atoms with van der Waals surface area (Å²) in [5.41, 5.74) is 1.39. The molecule has 0 bridgehead atoms. The van der Waals surface area contributed by atoms with Gasteiger partial charge in [-0.15, -0.1) is 11.3 Å². The van der Waals surface area contributed by atoms with Gasteiger partial charge in [0.15, 0.2) is 11.5 Å². The van der Waals surface area contributed by atoms with Gasteiger partial charge in [-0.3, -0.25) is 14.7 Å². The van der Waals surface area contributed by atoms with E-state index < -0.39 is 11.9 Å². The van der Waals surface area contributed by atoms with Crippen LogP contribution in [0.15, 0.2) is 42.9 Å². The van der Waals surface area contributed by atoms with Gasteiger partial charge in [-0.1, -0.05) is 11.6 Å². The van der Waals surface area contributed by atoms with E-state index in [0.29, 0.717) is 21.7 Å². The maximum atomic E-state index is 13.4. The Labute approximate surface area is 200 Å². The van der Waals surface area contributed by atoms with E-state index in [1.165, 1.54) is 17.3 Å². The number of anilines is 4. The van der Waals surface area contributed by atoms with Crippen molar-refractivity contribution < 1.29 is 19.1 Å². The summed E-state index contributed by atoms with van der Waals surface area (Å²) in [6, 6.07) is 8.08. The summed E-state index contributed by atoms with van der Waals surface area (Å²) in [7, 11) is 0. The highest BCUT2D eigenvalue weighted by Crippen LogP contribution is 2.53. The van der Waals surface area contributed by atoms with Crippen molar-refractivity contribution in [2.24, 2.45) is 0 Å². The van der Waals surface area contributed by atoms with Gasteiger partial charge in [-0.25, -0.2) is 9.78 Å². The van der Waals surface area contributed by atoms with Gasteiger partial charge in [-0.2, -0.15) is 5.26 Å². The molecule has 2 N–H and O–H groups in total. The first-order valence-electron chi connectivity index (χ1n) is 9.83. The van der Waals surface area contributed by atoms with E-state index in [4.69, 9.17) is 21.1 Å². The maximum absolute atomic E-state index is 13.4. The summed E-state index contributed by atoms with van der Waals surface area (Å²) >= 11 is 7.58. The maximum Gasteiger partial charge on any atom is 0.331 e. The lowest BCUT2D eigenvalue weighted by Gasteiger charge is -2.30. The molecule has 1 aromatic carbocycles. The van der Waals surface area contributed by atoms with Crippen LogP contribution in [0, 0.1) is 11.3 Å². The average molecular weight is 491 g/mol. The van der Waals surface area contributed by atoms with Gasteiger partial charge >= 0.3 is 6.03 Å².